The van der Waals surface area contributed by atoms with E-state index in [1.807, 2.05) is 0 Å². The topological polar surface area (TPSA) is 29.3 Å². The highest BCUT2D eigenvalue weighted by Gasteiger charge is 2.33. The molecule has 0 aromatic heterocycles. The highest BCUT2D eigenvalue weighted by molar-refractivity contribution is 7.99. The van der Waals surface area contributed by atoms with Gasteiger partial charge in [0.2, 0.25) is 0 Å². The Morgan fingerprint density at radius 3 is 2.93 bits per heavy atom. The van der Waals surface area contributed by atoms with E-state index in [0.717, 1.165) is 18.5 Å². The van der Waals surface area contributed by atoms with E-state index in [1.165, 1.54) is 37.3 Å². The molecule has 14 heavy (non-hydrogen) atoms. The molecule has 0 radical (unpaired) electrons. The van der Waals surface area contributed by atoms with Gasteiger partial charge in [-0.2, -0.15) is 11.8 Å². The fourth-order valence-corrected chi connectivity index (χ4v) is 4.12. The lowest BCUT2D eigenvalue weighted by Gasteiger charge is -2.42. The van der Waals surface area contributed by atoms with Crippen LogP contribution in [0.4, 0.5) is 0 Å². The largest absolute Gasteiger partial charge is 0.329 e. The summed E-state index contributed by atoms with van der Waals surface area (Å²) in [5.74, 6) is 3.50. The summed E-state index contributed by atoms with van der Waals surface area (Å²) in [6, 6.07) is 1.49. The number of hydrogen-bond acceptors (Lipinski definition) is 3. The predicted molar refractivity (Wildman–Crippen MR) is 63.7 cm³/mol. The SMILES string of the molecule is CC1CCCN(C2CCSC2)C1CN. The van der Waals surface area contributed by atoms with Gasteiger partial charge < -0.3 is 5.73 Å². The van der Waals surface area contributed by atoms with E-state index >= 15 is 0 Å². The van der Waals surface area contributed by atoms with Crippen molar-refractivity contribution in [2.45, 2.75) is 38.3 Å². The summed E-state index contributed by atoms with van der Waals surface area (Å²) in [6.45, 7) is 4.51. The number of thioether (sulfide) groups is 1. The number of nitrogens with two attached hydrogens (primary N) is 1. The maximum atomic E-state index is 5.90. The zero-order valence-corrected chi connectivity index (χ0v) is 9.93. The molecule has 0 amide bonds. The summed E-state index contributed by atoms with van der Waals surface area (Å²) in [4.78, 5) is 2.70. The summed E-state index contributed by atoms with van der Waals surface area (Å²) >= 11 is 2.11. The van der Waals surface area contributed by atoms with E-state index in [1.54, 1.807) is 0 Å². The Hall–Kier alpha value is 0.270. The molecular formula is C11H22N2S. The number of hydrogen-bond donors (Lipinski definition) is 1. The van der Waals surface area contributed by atoms with E-state index in [0.29, 0.717) is 6.04 Å². The van der Waals surface area contributed by atoms with E-state index in [4.69, 9.17) is 5.73 Å². The van der Waals surface area contributed by atoms with E-state index in [9.17, 15) is 0 Å². The minimum absolute atomic E-state index is 0.660. The normalized spacial score (nSPS) is 40.3. The molecule has 3 heteroatoms. The van der Waals surface area contributed by atoms with E-state index in [2.05, 4.69) is 23.6 Å². The molecule has 2 rings (SSSR count). The van der Waals surface area contributed by atoms with Crippen LogP contribution >= 0.6 is 11.8 Å². The van der Waals surface area contributed by atoms with Crippen LogP contribution in [0.3, 0.4) is 0 Å². The quantitative estimate of drug-likeness (QED) is 0.756. The van der Waals surface area contributed by atoms with Gasteiger partial charge in [0.25, 0.3) is 0 Å². The van der Waals surface area contributed by atoms with Crippen LogP contribution in [0.25, 0.3) is 0 Å². The summed E-state index contributed by atoms with van der Waals surface area (Å²) in [7, 11) is 0. The van der Waals surface area contributed by atoms with Crippen molar-refractivity contribution in [1.82, 2.24) is 4.90 Å². The molecule has 2 fully saturated rings. The molecule has 0 aromatic carbocycles. The summed E-state index contributed by atoms with van der Waals surface area (Å²) in [5.41, 5.74) is 5.90. The lowest BCUT2D eigenvalue weighted by molar-refractivity contribution is 0.0722. The van der Waals surface area contributed by atoms with Crippen molar-refractivity contribution in [1.29, 1.82) is 0 Å². The van der Waals surface area contributed by atoms with Gasteiger partial charge in [-0.05, 0) is 37.5 Å². The Labute approximate surface area is 91.6 Å². The maximum absolute atomic E-state index is 5.90. The van der Waals surface area contributed by atoms with Gasteiger partial charge in [0, 0.05) is 24.4 Å². The van der Waals surface area contributed by atoms with Crippen molar-refractivity contribution in [2.75, 3.05) is 24.6 Å². The van der Waals surface area contributed by atoms with Crippen molar-refractivity contribution in [3.05, 3.63) is 0 Å². The Morgan fingerprint density at radius 1 is 1.43 bits per heavy atom. The number of rotatable bonds is 2. The number of piperidine rings is 1. The molecule has 2 aliphatic rings. The molecule has 3 unspecified atom stereocenters. The molecule has 2 aliphatic heterocycles. The molecule has 82 valence electrons. The third kappa shape index (κ3) is 2.10. The first-order valence-corrected chi connectivity index (χ1v) is 7.02. The average molecular weight is 214 g/mol. The fourth-order valence-electron chi connectivity index (χ4n) is 2.89. The molecular weight excluding hydrogens is 192 g/mol. The molecule has 2 heterocycles. The van der Waals surface area contributed by atoms with Crippen LogP contribution < -0.4 is 5.73 Å². The van der Waals surface area contributed by atoms with Crippen molar-refractivity contribution < 1.29 is 0 Å². The van der Waals surface area contributed by atoms with Crippen LogP contribution in [0.1, 0.15) is 26.2 Å². The van der Waals surface area contributed by atoms with Crippen LogP contribution in [0.15, 0.2) is 0 Å². The van der Waals surface area contributed by atoms with Gasteiger partial charge in [0.05, 0.1) is 0 Å². The molecule has 0 spiro atoms. The Bertz CT molecular complexity index is 180. The maximum Gasteiger partial charge on any atom is 0.0247 e. The monoisotopic (exact) mass is 214 g/mol. The average Bonchev–Trinajstić information content (AvgIpc) is 2.70. The fraction of sp³-hybridized carbons (Fsp3) is 1.00. The van der Waals surface area contributed by atoms with Gasteiger partial charge in [0.1, 0.15) is 0 Å². The molecule has 2 nitrogen and oxygen atoms in total. The second-order valence-electron chi connectivity index (χ2n) is 4.68. The zero-order chi connectivity index (χ0) is 9.97. The minimum Gasteiger partial charge on any atom is -0.329 e. The molecule has 0 bridgehead atoms. The summed E-state index contributed by atoms with van der Waals surface area (Å²) in [6.07, 6.45) is 4.13. The second kappa shape index (κ2) is 4.86. The molecule has 3 atom stereocenters. The second-order valence-corrected chi connectivity index (χ2v) is 5.83. The van der Waals surface area contributed by atoms with Crippen LogP contribution in [-0.4, -0.2) is 41.6 Å². The zero-order valence-electron chi connectivity index (χ0n) is 9.11. The first-order chi connectivity index (χ1) is 6.83. The smallest absolute Gasteiger partial charge is 0.0247 e. The first kappa shape index (κ1) is 10.8. The standard InChI is InChI=1S/C11H22N2S/c1-9-3-2-5-13(11(9)7-12)10-4-6-14-8-10/h9-11H,2-8,12H2,1H3. The van der Waals surface area contributed by atoms with Gasteiger partial charge in [-0.15, -0.1) is 0 Å². The third-order valence-electron chi connectivity index (χ3n) is 3.77. The van der Waals surface area contributed by atoms with Crippen molar-refractivity contribution in [2.24, 2.45) is 11.7 Å². The predicted octanol–water partition coefficient (Wildman–Crippen LogP) is 1.55. The van der Waals surface area contributed by atoms with Crippen molar-refractivity contribution in [3.63, 3.8) is 0 Å². The van der Waals surface area contributed by atoms with Gasteiger partial charge in [0.15, 0.2) is 0 Å². The molecule has 2 N–H and O–H groups in total. The van der Waals surface area contributed by atoms with Crippen LogP contribution in [0.2, 0.25) is 0 Å². The number of likely N-dealkylation sites (tertiary alicyclic amines) is 1. The van der Waals surface area contributed by atoms with Gasteiger partial charge >= 0.3 is 0 Å². The molecule has 0 aliphatic carbocycles. The Kier molecular flexibility index (Phi) is 3.74. The highest BCUT2D eigenvalue weighted by atomic mass is 32.2. The van der Waals surface area contributed by atoms with E-state index in [-0.39, 0.29) is 0 Å². The Balaban J connectivity index is 1.99. The van der Waals surface area contributed by atoms with Gasteiger partial charge in [-0.25, -0.2) is 0 Å². The molecule has 0 saturated carbocycles. The first-order valence-electron chi connectivity index (χ1n) is 5.86. The van der Waals surface area contributed by atoms with Crippen LogP contribution in [-0.2, 0) is 0 Å². The lowest BCUT2D eigenvalue weighted by atomic mass is 9.89. The highest BCUT2D eigenvalue weighted by Crippen LogP contribution is 2.30. The third-order valence-corrected chi connectivity index (χ3v) is 4.92. The summed E-state index contributed by atoms with van der Waals surface area (Å²) < 4.78 is 0. The Morgan fingerprint density at radius 2 is 2.29 bits per heavy atom. The minimum atomic E-state index is 0.660. The van der Waals surface area contributed by atoms with Crippen molar-refractivity contribution in [3.8, 4) is 0 Å². The van der Waals surface area contributed by atoms with E-state index < -0.39 is 0 Å². The van der Waals surface area contributed by atoms with Gasteiger partial charge in [-0.3, -0.25) is 4.90 Å². The number of nitrogens with zero attached hydrogens (tertiary/aromatic N) is 1. The van der Waals surface area contributed by atoms with Crippen molar-refractivity contribution >= 4 is 11.8 Å². The summed E-state index contributed by atoms with van der Waals surface area (Å²) in [5, 5.41) is 0. The van der Waals surface area contributed by atoms with Crippen LogP contribution in [0, 0.1) is 5.92 Å². The lowest BCUT2D eigenvalue weighted by Crippen LogP contribution is -2.53. The van der Waals surface area contributed by atoms with Crippen LogP contribution in [0.5, 0.6) is 0 Å². The molecule has 2 saturated heterocycles. The van der Waals surface area contributed by atoms with Gasteiger partial charge in [-0.1, -0.05) is 6.92 Å². The molecule has 0 aromatic rings.